The molecule has 0 unspecified atom stereocenters. The number of hydrogen-bond donors (Lipinski definition) is 3. The molecule has 0 fully saturated rings. The minimum absolute atomic E-state index is 0.121. The topological polar surface area (TPSA) is 105 Å². The molecule has 8 heteroatoms. The van der Waals surface area contributed by atoms with Crippen molar-refractivity contribution in [2.75, 3.05) is 32.4 Å². The van der Waals surface area contributed by atoms with Gasteiger partial charge in [-0.05, 0) is 26.8 Å². The first-order valence-electron chi connectivity index (χ1n) is 6.48. The van der Waals surface area contributed by atoms with E-state index in [0.717, 1.165) is 13.0 Å². The minimum Gasteiger partial charge on any atom is -0.338 e. The molecule has 0 rings (SSSR count). The van der Waals surface area contributed by atoms with Crippen molar-refractivity contribution in [2.24, 2.45) is 5.14 Å². The number of nitrogens with zero attached hydrogens (tertiary/aromatic N) is 1. The van der Waals surface area contributed by atoms with Gasteiger partial charge in [0.25, 0.3) is 0 Å². The van der Waals surface area contributed by atoms with Gasteiger partial charge in [0.05, 0.1) is 5.75 Å². The Kier molecular flexibility index (Phi) is 8.70. The lowest BCUT2D eigenvalue weighted by Crippen LogP contribution is -2.41. The van der Waals surface area contributed by atoms with Gasteiger partial charge in [0.15, 0.2) is 0 Å². The molecule has 2 amide bonds. The second-order valence-corrected chi connectivity index (χ2v) is 6.38. The van der Waals surface area contributed by atoms with Gasteiger partial charge in [0, 0.05) is 25.7 Å². The lowest BCUT2D eigenvalue weighted by atomic mass is 10.2. The fourth-order valence-corrected chi connectivity index (χ4v) is 1.96. The zero-order valence-electron chi connectivity index (χ0n) is 12.0. The van der Waals surface area contributed by atoms with Gasteiger partial charge in [-0.25, -0.2) is 18.4 Å². The van der Waals surface area contributed by atoms with Crippen molar-refractivity contribution in [3.05, 3.63) is 0 Å². The molecule has 0 bridgehead atoms. The van der Waals surface area contributed by atoms with Crippen LogP contribution in [0, 0.1) is 0 Å². The Hall–Kier alpha value is -0.860. The summed E-state index contributed by atoms with van der Waals surface area (Å²) >= 11 is 0. The van der Waals surface area contributed by atoms with Crippen LogP contribution >= 0.6 is 0 Å². The number of hydrogen-bond acceptors (Lipinski definition) is 4. The van der Waals surface area contributed by atoms with Crippen molar-refractivity contribution < 1.29 is 13.2 Å². The van der Waals surface area contributed by atoms with Crippen molar-refractivity contribution in [1.29, 1.82) is 0 Å². The Labute approximate surface area is 116 Å². The standard InChI is InChI=1S/C11H26N4O3S/c1-4-10(2)15(3)8-7-14-11(16)13-6-5-9-19(12,17)18/h10H,4-9H2,1-3H3,(H2,12,17,18)(H2,13,14,16)/t10-/m0/s1. The summed E-state index contributed by atoms with van der Waals surface area (Å²) in [6.45, 7) is 5.88. The van der Waals surface area contributed by atoms with Gasteiger partial charge in [-0.1, -0.05) is 6.92 Å². The predicted molar refractivity (Wildman–Crippen MR) is 76.4 cm³/mol. The highest BCUT2D eigenvalue weighted by atomic mass is 32.2. The number of amides is 2. The molecule has 0 heterocycles. The third-order valence-electron chi connectivity index (χ3n) is 2.98. The summed E-state index contributed by atoms with van der Waals surface area (Å²) < 4.78 is 21.3. The molecule has 0 aliphatic heterocycles. The molecule has 0 aliphatic carbocycles. The molecule has 0 aromatic heterocycles. The summed E-state index contributed by atoms with van der Waals surface area (Å²) in [5.41, 5.74) is 0. The number of nitrogens with one attached hydrogen (secondary N) is 2. The summed E-state index contributed by atoms with van der Waals surface area (Å²) in [4.78, 5) is 13.5. The quantitative estimate of drug-likeness (QED) is 0.507. The largest absolute Gasteiger partial charge is 0.338 e. The molecular formula is C11H26N4O3S. The Bertz CT molecular complexity index is 359. The second-order valence-electron chi connectivity index (χ2n) is 4.64. The molecule has 19 heavy (non-hydrogen) atoms. The molecule has 0 aromatic rings. The fourth-order valence-electron chi connectivity index (χ4n) is 1.42. The Balaban J connectivity index is 3.60. The average molecular weight is 294 g/mol. The number of nitrogens with two attached hydrogens (primary N) is 1. The Morgan fingerprint density at radius 3 is 2.42 bits per heavy atom. The van der Waals surface area contributed by atoms with Crippen LogP contribution in [-0.2, 0) is 10.0 Å². The molecule has 0 aromatic carbocycles. The van der Waals surface area contributed by atoms with E-state index in [1.807, 2.05) is 7.05 Å². The second kappa shape index (κ2) is 9.11. The first-order valence-corrected chi connectivity index (χ1v) is 8.20. The normalized spacial score (nSPS) is 13.3. The minimum atomic E-state index is -3.44. The van der Waals surface area contributed by atoms with Gasteiger partial charge in [-0.3, -0.25) is 0 Å². The van der Waals surface area contributed by atoms with Crippen LogP contribution in [0.3, 0.4) is 0 Å². The van der Waals surface area contributed by atoms with Crippen molar-refractivity contribution in [3.63, 3.8) is 0 Å². The van der Waals surface area contributed by atoms with E-state index < -0.39 is 10.0 Å². The molecule has 114 valence electrons. The first kappa shape index (κ1) is 18.1. The summed E-state index contributed by atoms with van der Waals surface area (Å²) in [7, 11) is -1.43. The van der Waals surface area contributed by atoms with Gasteiger partial charge in [0.1, 0.15) is 0 Å². The number of carbonyl (C=O) groups is 1. The van der Waals surface area contributed by atoms with E-state index in [-0.39, 0.29) is 11.8 Å². The van der Waals surface area contributed by atoms with Crippen molar-refractivity contribution in [3.8, 4) is 0 Å². The van der Waals surface area contributed by atoms with Crippen LogP contribution in [0.25, 0.3) is 0 Å². The van der Waals surface area contributed by atoms with Crippen LogP contribution in [0.15, 0.2) is 0 Å². The maximum atomic E-state index is 11.4. The number of urea groups is 1. The summed E-state index contributed by atoms with van der Waals surface area (Å²) in [6, 6.07) is 0.201. The van der Waals surface area contributed by atoms with Crippen molar-refractivity contribution in [2.45, 2.75) is 32.7 Å². The van der Waals surface area contributed by atoms with Gasteiger partial charge in [0.2, 0.25) is 10.0 Å². The van der Waals surface area contributed by atoms with Crippen LogP contribution in [0.2, 0.25) is 0 Å². The molecule has 0 spiro atoms. The average Bonchev–Trinajstić information content (AvgIpc) is 2.32. The van der Waals surface area contributed by atoms with Crippen LogP contribution in [0.4, 0.5) is 4.79 Å². The maximum Gasteiger partial charge on any atom is 0.314 e. The Morgan fingerprint density at radius 1 is 1.32 bits per heavy atom. The molecule has 0 saturated carbocycles. The van der Waals surface area contributed by atoms with E-state index in [4.69, 9.17) is 5.14 Å². The summed E-state index contributed by atoms with van der Waals surface area (Å²) in [5, 5.41) is 10.1. The van der Waals surface area contributed by atoms with Gasteiger partial charge in [-0.15, -0.1) is 0 Å². The molecule has 7 nitrogen and oxygen atoms in total. The number of sulfonamides is 1. The SMILES string of the molecule is CC[C@H](C)N(C)CCNC(=O)NCCCS(N)(=O)=O. The molecule has 0 saturated heterocycles. The van der Waals surface area contributed by atoms with Crippen LogP contribution < -0.4 is 15.8 Å². The molecule has 4 N–H and O–H groups in total. The van der Waals surface area contributed by atoms with Gasteiger partial charge >= 0.3 is 6.03 Å². The number of carbonyl (C=O) groups excluding carboxylic acids is 1. The molecule has 0 aliphatic rings. The van der Waals surface area contributed by atoms with E-state index in [0.29, 0.717) is 25.6 Å². The third-order valence-corrected chi connectivity index (χ3v) is 3.84. The smallest absolute Gasteiger partial charge is 0.314 e. The fraction of sp³-hybridized carbons (Fsp3) is 0.909. The van der Waals surface area contributed by atoms with Crippen LogP contribution in [-0.4, -0.2) is 57.8 Å². The lowest BCUT2D eigenvalue weighted by molar-refractivity contribution is 0.230. The predicted octanol–water partition coefficient (Wildman–Crippen LogP) is -0.305. The van der Waals surface area contributed by atoms with Crippen molar-refractivity contribution in [1.82, 2.24) is 15.5 Å². The number of primary sulfonamides is 1. The maximum absolute atomic E-state index is 11.4. The zero-order chi connectivity index (χ0) is 14.9. The van der Waals surface area contributed by atoms with Gasteiger partial charge < -0.3 is 15.5 Å². The highest BCUT2D eigenvalue weighted by molar-refractivity contribution is 7.89. The van der Waals surface area contributed by atoms with Crippen LogP contribution in [0.1, 0.15) is 26.7 Å². The van der Waals surface area contributed by atoms with E-state index in [9.17, 15) is 13.2 Å². The van der Waals surface area contributed by atoms with Crippen LogP contribution in [0.5, 0.6) is 0 Å². The molecular weight excluding hydrogens is 268 g/mol. The number of likely N-dealkylation sites (N-methyl/N-ethyl adjacent to an activating group) is 1. The zero-order valence-corrected chi connectivity index (χ0v) is 12.8. The Morgan fingerprint density at radius 2 is 1.89 bits per heavy atom. The van der Waals surface area contributed by atoms with E-state index >= 15 is 0 Å². The lowest BCUT2D eigenvalue weighted by Gasteiger charge is -2.23. The van der Waals surface area contributed by atoms with E-state index in [1.54, 1.807) is 0 Å². The molecule has 0 radical (unpaired) electrons. The summed E-state index contributed by atoms with van der Waals surface area (Å²) in [6.07, 6.45) is 1.38. The highest BCUT2D eigenvalue weighted by Crippen LogP contribution is 1.97. The van der Waals surface area contributed by atoms with E-state index in [1.165, 1.54) is 0 Å². The highest BCUT2D eigenvalue weighted by Gasteiger charge is 2.07. The third kappa shape index (κ3) is 10.7. The molecule has 1 atom stereocenters. The summed E-state index contributed by atoms with van der Waals surface area (Å²) in [5.74, 6) is -0.121. The van der Waals surface area contributed by atoms with Crippen molar-refractivity contribution >= 4 is 16.1 Å². The monoisotopic (exact) mass is 294 g/mol. The van der Waals surface area contributed by atoms with Gasteiger partial charge in [-0.2, -0.15) is 0 Å². The number of rotatable bonds is 9. The van der Waals surface area contributed by atoms with E-state index in [2.05, 4.69) is 29.4 Å². The first-order chi connectivity index (χ1) is 8.76.